The number of aromatic nitrogens is 1. The number of rotatable bonds is 6. The van der Waals surface area contributed by atoms with E-state index in [2.05, 4.69) is 10.3 Å². The number of H-pyrrole nitrogens is 1. The van der Waals surface area contributed by atoms with Crippen LogP contribution in [0.4, 0.5) is 0 Å². The lowest BCUT2D eigenvalue weighted by Gasteiger charge is -2.34. The van der Waals surface area contributed by atoms with Crippen molar-refractivity contribution in [3.63, 3.8) is 0 Å². The molecule has 1 aliphatic rings. The molecule has 1 aromatic carbocycles. The van der Waals surface area contributed by atoms with Gasteiger partial charge in [0.2, 0.25) is 5.91 Å². The molecule has 1 saturated heterocycles. The molecule has 1 aromatic heterocycles. The Morgan fingerprint density at radius 2 is 1.78 bits per heavy atom. The van der Waals surface area contributed by atoms with Crippen LogP contribution >= 0.6 is 0 Å². The van der Waals surface area contributed by atoms with Crippen molar-refractivity contribution in [2.24, 2.45) is 0 Å². The predicted octanol–water partition coefficient (Wildman–Crippen LogP) is 1.29. The van der Waals surface area contributed by atoms with Crippen LogP contribution in [0.25, 0.3) is 0 Å². The standard InChI is InChI=1S/C20H24N4O3/c1-15(25)17-11-18(21-13-17)20(27)24-9-7-23(8-10-24)14-19(26)22-12-16-5-3-2-4-6-16/h2-6,11,13,21H,7-10,12,14H2,1H3,(H,22,26). The molecule has 2 N–H and O–H groups in total. The molecular formula is C20H24N4O3. The highest BCUT2D eigenvalue weighted by Crippen LogP contribution is 2.10. The van der Waals surface area contributed by atoms with E-state index in [0.29, 0.717) is 50.5 Å². The number of nitrogens with zero attached hydrogens (tertiary/aromatic N) is 2. The van der Waals surface area contributed by atoms with Crippen LogP contribution in [0, 0.1) is 0 Å². The highest BCUT2D eigenvalue weighted by molar-refractivity contribution is 5.99. The second-order valence-electron chi connectivity index (χ2n) is 6.69. The molecule has 0 aliphatic carbocycles. The minimum absolute atomic E-state index is 0.0194. The van der Waals surface area contributed by atoms with Gasteiger partial charge in [-0.15, -0.1) is 0 Å². The number of aromatic amines is 1. The van der Waals surface area contributed by atoms with Crippen molar-refractivity contribution in [3.8, 4) is 0 Å². The molecule has 2 heterocycles. The third-order valence-electron chi connectivity index (χ3n) is 4.68. The fraction of sp³-hybridized carbons (Fsp3) is 0.350. The number of ketones is 1. The summed E-state index contributed by atoms with van der Waals surface area (Å²) in [5.41, 5.74) is 2.00. The zero-order valence-corrected chi connectivity index (χ0v) is 15.4. The average Bonchev–Trinajstić information content (AvgIpc) is 3.18. The molecule has 0 atom stereocenters. The summed E-state index contributed by atoms with van der Waals surface area (Å²) in [4.78, 5) is 42.6. The first kappa shape index (κ1) is 18.8. The lowest BCUT2D eigenvalue weighted by molar-refractivity contribution is -0.122. The van der Waals surface area contributed by atoms with Crippen LogP contribution in [-0.2, 0) is 11.3 Å². The summed E-state index contributed by atoms with van der Waals surface area (Å²) in [6, 6.07) is 11.4. The smallest absolute Gasteiger partial charge is 0.270 e. The van der Waals surface area contributed by atoms with E-state index < -0.39 is 0 Å². The van der Waals surface area contributed by atoms with E-state index in [4.69, 9.17) is 0 Å². The van der Waals surface area contributed by atoms with Crippen LogP contribution in [0.15, 0.2) is 42.6 Å². The molecule has 7 nitrogen and oxygen atoms in total. The van der Waals surface area contributed by atoms with Gasteiger partial charge in [-0.3, -0.25) is 19.3 Å². The lowest BCUT2D eigenvalue weighted by atomic mass is 10.2. The van der Waals surface area contributed by atoms with Gasteiger partial charge in [-0.1, -0.05) is 30.3 Å². The fourth-order valence-corrected chi connectivity index (χ4v) is 3.06. The SMILES string of the molecule is CC(=O)c1c[nH]c(C(=O)N2CCN(CC(=O)NCc3ccccc3)CC2)c1. The Morgan fingerprint density at radius 3 is 2.41 bits per heavy atom. The first-order chi connectivity index (χ1) is 13.0. The Hall–Kier alpha value is -2.93. The van der Waals surface area contributed by atoms with E-state index in [-0.39, 0.29) is 17.6 Å². The van der Waals surface area contributed by atoms with Gasteiger partial charge in [0.1, 0.15) is 5.69 Å². The quantitative estimate of drug-likeness (QED) is 0.753. The summed E-state index contributed by atoms with van der Waals surface area (Å²) < 4.78 is 0. The highest BCUT2D eigenvalue weighted by atomic mass is 16.2. The van der Waals surface area contributed by atoms with Crippen molar-refractivity contribution >= 4 is 17.6 Å². The van der Waals surface area contributed by atoms with E-state index in [1.54, 1.807) is 17.2 Å². The Morgan fingerprint density at radius 1 is 1.07 bits per heavy atom. The summed E-state index contributed by atoms with van der Waals surface area (Å²) >= 11 is 0. The number of nitrogens with one attached hydrogen (secondary N) is 2. The maximum Gasteiger partial charge on any atom is 0.270 e. The van der Waals surface area contributed by atoms with Crippen molar-refractivity contribution in [3.05, 3.63) is 59.4 Å². The molecule has 0 saturated carbocycles. The summed E-state index contributed by atoms with van der Waals surface area (Å²) in [7, 11) is 0. The lowest BCUT2D eigenvalue weighted by Crippen LogP contribution is -2.51. The van der Waals surface area contributed by atoms with Gasteiger partial charge in [0.15, 0.2) is 5.78 Å². The number of amides is 2. The summed E-state index contributed by atoms with van der Waals surface area (Å²) in [5.74, 6) is -0.207. The number of Topliss-reactive ketones (excluding diaryl/α,β-unsaturated/α-hetero) is 1. The van der Waals surface area contributed by atoms with Crippen LogP contribution in [-0.4, -0.2) is 65.1 Å². The van der Waals surface area contributed by atoms with E-state index in [9.17, 15) is 14.4 Å². The zero-order chi connectivity index (χ0) is 19.2. The fourth-order valence-electron chi connectivity index (χ4n) is 3.06. The van der Waals surface area contributed by atoms with Crippen molar-refractivity contribution in [2.75, 3.05) is 32.7 Å². The molecule has 2 amide bonds. The zero-order valence-electron chi connectivity index (χ0n) is 15.4. The second-order valence-corrected chi connectivity index (χ2v) is 6.69. The van der Waals surface area contributed by atoms with Crippen LogP contribution in [0.5, 0.6) is 0 Å². The van der Waals surface area contributed by atoms with E-state index >= 15 is 0 Å². The molecule has 0 radical (unpaired) electrons. The van der Waals surface area contributed by atoms with Crippen LogP contribution in [0.1, 0.15) is 33.3 Å². The molecule has 7 heteroatoms. The molecule has 1 fully saturated rings. The summed E-state index contributed by atoms with van der Waals surface area (Å²) in [5, 5.41) is 2.92. The molecule has 27 heavy (non-hydrogen) atoms. The second kappa shape index (κ2) is 8.64. The van der Waals surface area contributed by atoms with Crippen LogP contribution < -0.4 is 5.32 Å². The Balaban J connectivity index is 1.43. The monoisotopic (exact) mass is 368 g/mol. The van der Waals surface area contributed by atoms with Crippen LogP contribution in [0.3, 0.4) is 0 Å². The van der Waals surface area contributed by atoms with Crippen LogP contribution in [0.2, 0.25) is 0 Å². The predicted molar refractivity (Wildman–Crippen MR) is 101 cm³/mol. The van der Waals surface area contributed by atoms with E-state index in [1.807, 2.05) is 35.2 Å². The third kappa shape index (κ3) is 5.04. The molecule has 0 spiro atoms. The molecule has 0 unspecified atom stereocenters. The molecule has 1 aliphatic heterocycles. The van der Waals surface area contributed by atoms with Gasteiger partial charge in [-0.25, -0.2) is 0 Å². The van der Waals surface area contributed by atoms with E-state index in [1.165, 1.54) is 6.92 Å². The molecule has 0 bridgehead atoms. The topological polar surface area (TPSA) is 85.5 Å². The molecule has 142 valence electrons. The highest BCUT2D eigenvalue weighted by Gasteiger charge is 2.24. The average molecular weight is 368 g/mol. The Labute approximate surface area is 158 Å². The number of piperazine rings is 1. The Kier molecular flexibility index (Phi) is 6.03. The van der Waals surface area contributed by atoms with Crippen molar-refractivity contribution < 1.29 is 14.4 Å². The largest absolute Gasteiger partial charge is 0.356 e. The molecule has 2 aromatic rings. The van der Waals surface area contributed by atoms with Gasteiger partial charge in [0.25, 0.3) is 5.91 Å². The van der Waals surface area contributed by atoms with Gasteiger partial charge in [0, 0.05) is 44.5 Å². The minimum atomic E-state index is -0.115. The summed E-state index contributed by atoms with van der Waals surface area (Å²) in [6.07, 6.45) is 1.56. The van der Waals surface area contributed by atoms with E-state index in [0.717, 1.165) is 5.56 Å². The normalized spacial score (nSPS) is 14.8. The van der Waals surface area contributed by atoms with Gasteiger partial charge in [-0.2, -0.15) is 0 Å². The van der Waals surface area contributed by atoms with Gasteiger partial charge < -0.3 is 15.2 Å². The maximum absolute atomic E-state index is 12.5. The summed E-state index contributed by atoms with van der Waals surface area (Å²) in [6.45, 7) is 4.71. The molecular weight excluding hydrogens is 344 g/mol. The third-order valence-corrected chi connectivity index (χ3v) is 4.68. The number of carbonyl (C=O) groups is 3. The number of benzene rings is 1. The maximum atomic E-state index is 12.5. The number of hydrogen-bond donors (Lipinski definition) is 2. The van der Waals surface area contributed by atoms with Gasteiger partial charge in [-0.05, 0) is 18.6 Å². The van der Waals surface area contributed by atoms with Crippen molar-refractivity contribution in [2.45, 2.75) is 13.5 Å². The first-order valence-electron chi connectivity index (χ1n) is 9.04. The minimum Gasteiger partial charge on any atom is -0.356 e. The number of hydrogen-bond acceptors (Lipinski definition) is 4. The first-order valence-corrected chi connectivity index (χ1v) is 9.04. The van der Waals surface area contributed by atoms with Crippen molar-refractivity contribution in [1.82, 2.24) is 20.1 Å². The molecule has 3 rings (SSSR count). The van der Waals surface area contributed by atoms with Gasteiger partial charge in [0.05, 0.1) is 6.54 Å². The number of carbonyl (C=O) groups excluding carboxylic acids is 3. The Bertz CT molecular complexity index is 808. The van der Waals surface area contributed by atoms with Crippen molar-refractivity contribution in [1.29, 1.82) is 0 Å². The van der Waals surface area contributed by atoms with Gasteiger partial charge >= 0.3 is 0 Å².